The first-order chi connectivity index (χ1) is 13.2. The first kappa shape index (κ1) is 23.9. The van der Waals surface area contributed by atoms with E-state index in [4.69, 9.17) is 9.47 Å². The van der Waals surface area contributed by atoms with E-state index in [-0.39, 0.29) is 11.3 Å². The standard InChI is InChI=1S/C20H28N2O7/c1-19(2,3)28-17(26)21-13-10-8-7-9-12(13)15(23)11-14(16(24)25)22-18(27)29-20(4,5)6/h7-10,14H,11H2,1-6H3,(H,21,26)(H,22,27)(H,24,25)/t14-/m1/s1. The number of aliphatic carboxylic acids is 1. The molecule has 29 heavy (non-hydrogen) atoms. The van der Waals surface area contributed by atoms with Crippen LogP contribution in [0, 0.1) is 0 Å². The maximum atomic E-state index is 12.7. The lowest BCUT2D eigenvalue weighted by Gasteiger charge is -2.22. The van der Waals surface area contributed by atoms with Crippen molar-refractivity contribution in [1.29, 1.82) is 0 Å². The van der Waals surface area contributed by atoms with Crippen LogP contribution in [-0.4, -0.2) is 46.3 Å². The highest BCUT2D eigenvalue weighted by molar-refractivity contribution is 6.05. The molecule has 1 aromatic carbocycles. The second-order valence-corrected chi connectivity index (χ2v) is 8.34. The van der Waals surface area contributed by atoms with Crippen LogP contribution in [-0.2, 0) is 14.3 Å². The average molecular weight is 408 g/mol. The Bertz CT molecular complexity index is 776. The summed E-state index contributed by atoms with van der Waals surface area (Å²) in [6.07, 6.45) is -2.22. The molecule has 2 amide bonds. The molecule has 3 N–H and O–H groups in total. The topological polar surface area (TPSA) is 131 Å². The Morgan fingerprint density at radius 1 is 0.931 bits per heavy atom. The highest BCUT2D eigenvalue weighted by atomic mass is 16.6. The lowest BCUT2D eigenvalue weighted by molar-refractivity contribution is -0.139. The van der Waals surface area contributed by atoms with Gasteiger partial charge in [0.2, 0.25) is 0 Å². The lowest BCUT2D eigenvalue weighted by atomic mass is 10.0. The fourth-order valence-electron chi connectivity index (χ4n) is 2.19. The van der Waals surface area contributed by atoms with E-state index in [2.05, 4.69) is 10.6 Å². The molecule has 9 heteroatoms. The Hall–Kier alpha value is -3.10. The molecule has 0 aliphatic carbocycles. The van der Waals surface area contributed by atoms with Crippen molar-refractivity contribution in [2.75, 3.05) is 5.32 Å². The Labute approximate surface area is 169 Å². The number of para-hydroxylation sites is 1. The summed E-state index contributed by atoms with van der Waals surface area (Å²) >= 11 is 0. The van der Waals surface area contributed by atoms with Gasteiger partial charge in [-0.05, 0) is 53.7 Å². The molecule has 1 atom stereocenters. The van der Waals surface area contributed by atoms with Gasteiger partial charge in [-0.1, -0.05) is 12.1 Å². The van der Waals surface area contributed by atoms with Gasteiger partial charge in [-0.25, -0.2) is 14.4 Å². The van der Waals surface area contributed by atoms with Crippen molar-refractivity contribution in [2.24, 2.45) is 0 Å². The van der Waals surface area contributed by atoms with Crippen LogP contribution in [0.1, 0.15) is 58.3 Å². The molecule has 0 fully saturated rings. The number of carboxylic acids is 1. The molecule has 0 spiro atoms. The third-order valence-electron chi connectivity index (χ3n) is 3.24. The van der Waals surface area contributed by atoms with Crippen LogP contribution in [0.2, 0.25) is 0 Å². The molecule has 0 radical (unpaired) electrons. The molecule has 0 heterocycles. The molecule has 0 aliphatic rings. The Kier molecular flexibility index (Phi) is 7.76. The average Bonchev–Trinajstić information content (AvgIpc) is 2.50. The lowest BCUT2D eigenvalue weighted by Crippen LogP contribution is -2.44. The molecule has 9 nitrogen and oxygen atoms in total. The first-order valence-electron chi connectivity index (χ1n) is 9.02. The van der Waals surface area contributed by atoms with Crippen LogP contribution in [0.15, 0.2) is 24.3 Å². The molecule has 160 valence electrons. The summed E-state index contributed by atoms with van der Waals surface area (Å²) in [6.45, 7) is 9.99. The van der Waals surface area contributed by atoms with Gasteiger partial charge in [-0.3, -0.25) is 10.1 Å². The summed E-state index contributed by atoms with van der Waals surface area (Å²) in [5, 5.41) is 14.0. The van der Waals surface area contributed by atoms with Crippen molar-refractivity contribution in [3.63, 3.8) is 0 Å². The number of ketones is 1. The normalized spacial score (nSPS) is 12.5. The molecule has 0 aliphatic heterocycles. The van der Waals surface area contributed by atoms with Crippen molar-refractivity contribution in [1.82, 2.24) is 5.32 Å². The summed E-state index contributed by atoms with van der Waals surface area (Å²) in [7, 11) is 0. The molecule has 1 aromatic rings. The number of hydrogen-bond donors (Lipinski definition) is 3. The molecule has 0 unspecified atom stereocenters. The fourth-order valence-corrected chi connectivity index (χ4v) is 2.19. The predicted octanol–water partition coefficient (Wildman–Crippen LogP) is 3.58. The van der Waals surface area contributed by atoms with E-state index < -0.39 is 47.6 Å². The Morgan fingerprint density at radius 2 is 1.45 bits per heavy atom. The maximum absolute atomic E-state index is 12.7. The van der Waals surface area contributed by atoms with Crippen LogP contribution < -0.4 is 10.6 Å². The number of carbonyl (C=O) groups is 4. The van der Waals surface area contributed by atoms with Gasteiger partial charge in [0.25, 0.3) is 0 Å². The third kappa shape index (κ3) is 9.09. The van der Waals surface area contributed by atoms with E-state index in [1.165, 1.54) is 12.1 Å². The van der Waals surface area contributed by atoms with Gasteiger partial charge in [0.15, 0.2) is 5.78 Å². The van der Waals surface area contributed by atoms with Gasteiger partial charge in [0, 0.05) is 12.0 Å². The van der Waals surface area contributed by atoms with Crippen LogP contribution in [0.25, 0.3) is 0 Å². The van der Waals surface area contributed by atoms with E-state index in [0.29, 0.717) is 0 Å². The fraction of sp³-hybridized carbons (Fsp3) is 0.500. The van der Waals surface area contributed by atoms with Crippen LogP contribution in [0.4, 0.5) is 15.3 Å². The monoisotopic (exact) mass is 408 g/mol. The van der Waals surface area contributed by atoms with Crippen molar-refractivity contribution in [3.8, 4) is 0 Å². The molecular formula is C20H28N2O7. The number of alkyl carbamates (subject to hydrolysis) is 1. The Morgan fingerprint density at radius 3 is 1.97 bits per heavy atom. The van der Waals surface area contributed by atoms with E-state index >= 15 is 0 Å². The maximum Gasteiger partial charge on any atom is 0.412 e. The summed E-state index contributed by atoms with van der Waals surface area (Å²) in [5.41, 5.74) is -1.28. The van der Waals surface area contributed by atoms with E-state index in [1.54, 1.807) is 53.7 Å². The van der Waals surface area contributed by atoms with Gasteiger partial charge in [-0.2, -0.15) is 0 Å². The number of Topliss-reactive ketones (excluding diaryl/α,β-unsaturated/α-hetero) is 1. The number of carbonyl (C=O) groups excluding carboxylic acids is 3. The largest absolute Gasteiger partial charge is 0.480 e. The zero-order valence-electron chi connectivity index (χ0n) is 17.5. The quantitative estimate of drug-likeness (QED) is 0.613. The zero-order valence-corrected chi connectivity index (χ0v) is 17.5. The number of ether oxygens (including phenoxy) is 2. The molecular weight excluding hydrogens is 380 g/mol. The summed E-state index contributed by atoms with van der Waals surface area (Å²) in [4.78, 5) is 48.0. The smallest absolute Gasteiger partial charge is 0.412 e. The summed E-state index contributed by atoms with van der Waals surface area (Å²) < 4.78 is 10.2. The zero-order chi connectivity index (χ0) is 22.4. The number of rotatable bonds is 6. The highest BCUT2D eigenvalue weighted by Gasteiger charge is 2.28. The van der Waals surface area contributed by atoms with E-state index in [1.807, 2.05) is 0 Å². The van der Waals surface area contributed by atoms with Crippen molar-refractivity contribution in [3.05, 3.63) is 29.8 Å². The number of hydrogen-bond acceptors (Lipinski definition) is 6. The number of benzene rings is 1. The SMILES string of the molecule is CC(C)(C)OC(=O)Nc1ccccc1C(=O)C[C@@H](NC(=O)OC(C)(C)C)C(=O)O. The highest BCUT2D eigenvalue weighted by Crippen LogP contribution is 2.19. The van der Waals surface area contributed by atoms with Crippen molar-refractivity contribution in [2.45, 2.75) is 65.2 Å². The van der Waals surface area contributed by atoms with Gasteiger partial charge in [-0.15, -0.1) is 0 Å². The second-order valence-electron chi connectivity index (χ2n) is 8.34. The number of carboxylic acid groups (broad SMARTS) is 1. The minimum absolute atomic E-state index is 0.0931. The van der Waals surface area contributed by atoms with Crippen LogP contribution >= 0.6 is 0 Å². The number of nitrogens with one attached hydrogen (secondary N) is 2. The van der Waals surface area contributed by atoms with Crippen molar-refractivity contribution >= 4 is 29.6 Å². The summed E-state index contributed by atoms with van der Waals surface area (Å²) in [6, 6.07) is 4.63. The van der Waals surface area contributed by atoms with Gasteiger partial charge in [0.1, 0.15) is 17.2 Å². The van der Waals surface area contributed by atoms with Crippen molar-refractivity contribution < 1.29 is 33.8 Å². The minimum Gasteiger partial charge on any atom is -0.480 e. The third-order valence-corrected chi connectivity index (χ3v) is 3.24. The Balaban J connectivity index is 2.92. The van der Waals surface area contributed by atoms with Crippen LogP contribution in [0.3, 0.4) is 0 Å². The van der Waals surface area contributed by atoms with Gasteiger partial charge >= 0.3 is 18.2 Å². The first-order valence-corrected chi connectivity index (χ1v) is 9.02. The second kappa shape index (κ2) is 9.40. The molecule has 0 saturated carbocycles. The molecule has 0 aromatic heterocycles. The van der Waals surface area contributed by atoms with Crippen LogP contribution in [0.5, 0.6) is 0 Å². The van der Waals surface area contributed by atoms with Gasteiger partial charge in [0.05, 0.1) is 5.69 Å². The minimum atomic E-state index is -1.49. The van der Waals surface area contributed by atoms with Gasteiger partial charge < -0.3 is 19.9 Å². The van der Waals surface area contributed by atoms with E-state index in [9.17, 15) is 24.3 Å². The molecule has 0 saturated heterocycles. The van der Waals surface area contributed by atoms with E-state index in [0.717, 1.165) is 0 Å². The summed E-state index contributed by atoms with van der Waals surface area (Å²) in [5.74, 6) is -1.97. The number of anilines is 1. The predicted molar refractivity (Wildman–Crippen MR) is 106 cm³/mol. The molecule has 1 rings (SSSR count). The molecule has 0 bridgehead atoms. The number of amides is 2.